The number of hydrogen-bond donors (Lipinski definition) is 1. The van der Waals surface area contributed by atoms with Crippen molar-refractivity contribution in [2.75, 3.05) is 0 Å². The van der Waals surface area contributed by atoms with E-state index in [1.165, 1.54) is 5.56 Å². The molecule has 0 aliphatic rings. The number of hydrogen-bond acceptors (Lipinski definition) is 3. The predicted molar refractivity (Wildman–Crippen MR) is 82.6 cm³/mol. The molecule has 0 saturated heterocycles. The van der Waals surface area contributed by atoms with Crippen molar-refractivity contribution in [3.8, 4) is 6.07 Å². The second kappa shape index (κ2) is 5.39. The average Bonchev–Trinajstić information content (AvgIpc) is 2.87. The molecule has 0 amide bonds. The molecule has 0 radical (unpaired) electrons. The Balaban J connectivity index is 2.04. The monoisotopic (exact) mass is 276 g/mol. The largest absolute Gasteiger partial charge is 0.328 e. The van der Waals surface area contributed by atoms with Crippen LogP contribution in [-0.2, 0) is 13.1 Å². The van der Waals surface area contributed by atoms with Gasteiger partial charge in [0.25, 0.3) is 0 Å². The SMILES string of the molecule is Cc1cc(C#N)ccc1Cn1cc(CN)c2cccnc21. The van der Waals surface area contributed by atoms with E-state index in [9.17, 15) is 0 Å². The topological polar surface area (TPSA) is 67.6 Å². The molecule has 2 N–H and O–H groups in total. The second-order valence-electron chi connectivity index (χ2n) is 5.11. The lowest BCUT2D eigenvalue weighted by Gasteiger charge is -2.08. The van der Waals surface area contributed by atoms with E-state index in [0.717, 1.165) is 28.7 Å². The molecule has 104 valence electrons. The van der Waals surface area contributed by atoms with Crippen molar-refractivity contribution < 1.29 is 0 Å². The molecule has 1 aromatic carbocycles. The molecule has 0 fully saturated rings. The van der Waals surface area contributed by atoms with Gasteiger partial charge in [-0.1, -0.05) is 6.07 Å². The highest BCUT2D eigenvalue weighted by atomic mass is 15.0. The first-order valence-corrected chi connectivity index (χ1v) is 6.85. The Bertz CT molecular complexity index is 840. The number of pyridine rings is 1. The predicted octanol–water partition coefficient (Wildman–Crippen LogP) is 2.72. The van der Waals surface area contributed by atoms with E-state index < -0.39 is 0 Å². The highest BCUT2D eigenvalue weighted by molar-refractivity contribution is 5.80. The van der Waals surface area contributed by atoms with Crippen LogP contribution in [0.25, 0.3) is 11.0 Å². The number of fused-ring (bicyclic) bond motifs is 1. The molecule has 0 unspecified atom stereocenters. The Kier molecular flexibility index (Phi) is 3.43. The van der Waals surface area contributed by atoms with E-state index in [2.05, 4.69) is 21.8 Å². The maximum absolute atomic E-state index is 8.94. The molecule has 0 bridgehead atoms. The summed E-state index contributed by atoms with van der Waals surface area (Å²) in [7, 11) is 0. The van der Waals surface area contributed by atoms with Crippen LogP contribution in [-0.4, -0.2) is 9.55 Å². The van der Waals surface area contributed by atoms with Gasteiger partial charge < -0.3 is 10.3 Å². The molecule has 3 aromatic rings. The molecule has 4 heteroatoms. The standard InChI is InChI=1S/C17H16N4/c1-12-7-13(8-18)4-5-14(12)10-21-11-15(9-19)16-3-2-6-20-17(16)21/h2-7,11H,9-10,19H2,1H3. The lowest BCUT2D eigenvalue weighted by Crippen LogP contribution is -2.01. The Morgan fingerprint density at radius 1 is 1.29 bits per heavy atom. The van der Waals surface area contributed by atoms with Gasteiger partial charge in [-0.3, -0.25) is 0 Å². The number of benzene rings is 1. The Hall–Kier alpha value is -2.64. The van der Waals surface area contributed by atoms with E-state index in [4.69, 9.17) is 11.0 Å². The van der Waals surface area contributed by atoms with E-state index in [1.54, 1.807) is 6.20 Å². The van der Waals surface area contributed by atoms with Gasteiger partial charge in [0.1, 0.15) is 5.65 Å². The number of aromatic nitrogens is 2. The van der Waals surface area contributed by atoms with Gasteiger partial charge in [-0.2, -0.15) is 5.26 Å². The molecule has 0 aliphatic carbocycles. The molecule has 2 heterocycles. The maximum atomic E-state index is 8.94. The first-order chi connectivity index (χ1) is 10.2. The highest BCUT2D eigenvalue weighted by Crippen LogP contribution is 2.21. The minimum Gasteiger partial charge on any atom is -0.328 e. The van der Waals surface area contributed by atoms with Gasteiger partial charge in [-0.25, -0.2) is 4.98 Å². The van der Waals surface area contributed by atoms with Crippen LogP contribution in [0.3, 0.4) is 0 Å². The second-order valence-corrected chi connectivity index (χ2v) is 5.11. The molecule has 0 spiro atoms. The van der Waals surface area contributed by atoms with Crippen LogP contribution in [0.2, 0.25) is 0 Å². The van der Waals surface area contributed by atoms with E-state index in [1.807, 2.05) is 37.3 Å². The van der Waals surface area contributed by atoms with E-state index in [0.29, 0.717) is 12.1 Å². The maximum Gasteiger partial charge on any atom is 0.140 e. The first-order valence-electron chi connectivity index (χ1n) is 6.85. The lowest BCUT2D eigenvalue weighted by molar-refractivity contribution is 0.813. The smallest absolute Gasteiger partial charge is 0.140 e. The summed E-state index contributed by atoms with van der Waals surface area (Å²) in [5.41, 5.74) is 10.8. The average molecular weight is 276 g/mol. The molecule has 3 rings (SSSR count). The van der Waals surface area contributed by atoms with Gasteiger partial charge in [-0.05, 0) is 47.9 Å². The summed E-state index contributed by atoms with van der Waals surface area (Å²) in [5.74, 6) is 0. The van der Waals surface area contributed by atoms with Crippen molar-refractivity contribution in [3.63, 3.8) is 0 Å². The highest BCUT2D eigenvalue weighted by Gasteiger charge is 2.09. The molecular formula is C17H16N4. The zero-order chi connectivity index (χ0) is 14.8. The number of rotatable bonds is 3. The Morgan fingerprint density at radius 3 is 2.86 bits per heavy atom. The third kappa shape index (κ3) is 2.39. The van der Waals surface area contributed by atoms with Crippen LogP contribution >= 0.6 is 0 Å². The number of nitriles is 1. The number of nitrogens with zero attached hydrogens (tertiary/aromatic N) is 3. The fraction of sp³-hybridized carbons (Fsp3) is 0.176. The molecular weight excluding hydrogens is 260 g/mol. The number of aryl methyl sites for hydroxylation is 1. The van der Waals surface area contributed by atoms with Crippen LogP contribution in [0.5, 0.6) is 0 Å². The van der Waals surface area contributed by atoms with Crippen molar-refractivity contribution in [2.45, 2.75) is 20.0 Å². The molecule has 0 atom stereocenters. The van der Waals surface area contributed by atoms with Crippen LogP contribution in [0.15, 0.2) is 42.7 Å². The minimum atomic E-state index is 0.502. The van der Waals surface area contributed by atoms with Crippen LogP contribution in [0, 0.1) is 18.3 Å². The fourth-order valence-corrected chi connectivity index (χ4v) is 2.60. The van der Waals surface area contributed by atoms with Crippen molar-refractivity contribution in [1.82, 2.24) is 9.55 Å². The van der Waals surface area contributed by atoms with Gasteiger partial charge in [0.2, 0.25) is 0 Å². The Labute approximate surface area is 123 Å². The fourth-order valence-electron chi connectivity index (χ4n) is 2.60. The molecule has 2 aromatic heterocycles. The summed E-state index contributed by atoms with van der Waals surface area (Å²) < 4.78 is 2.12. The summed E-state index contributed by atoms with van der Waals surface area (Å²) in [6.07, 6.45) is 3.86. The molecule has 0 saturated carbocycles. The summed E-state index contributed by atoms with van der Waals surface area (Å²) in [5, 5.41) is 10.0. The Morgan fingerprint density at radius 2 is 2.14 bits per heavy atom. The summed E-state index contributed by atoms with van der Waals surface area (Å²) in [4.78, 5) is 4.46. The lowest BCUT2D eigenvalue weighted by atomic mass is 10.1. The summed E-state index contributed by atoms with van der Waals surface area (Å²) in [6.45, 7) is 3.26. The van der Waals surface area contributed by atoms with Crippen molar-refractivity contribution in [2.24, 2.45) is 5.73 Å². The normalized spacial score (nSPS) is 10.7. The molecule has 21 heavy (non-hydrogen) atoms. The third-order valence-corrected chi connectivity index (χ3v) is 3.75. The number of nitrogens with two attached hydrogens (primary N) is 1. The van der Waals surface area contributed by atoms with Gasteiger partial charge >= 0.3 is 0 Å². The van der Waals surface area contributed by atoms with E-state index >= 15 is 0 Å². The van der Waals surface area contributed by atoms with Crippen LogP contribution in [0.1, 0.15) is 22.3 Å². The zero-order valence-electron chi connectivity index (χ0n) is 11.9. The van der Waals surface area contributed by atoms with Gasteiger partial charge in [0.15, 0.2) is 0 Å². The van der Waals surface area contributed by atoms with Gasteiger partial charge in [0, 0.05) is 30.9 Å². The van der Waals surface area contributed by atoms with Crippen molar-refractivity contribution in [3.05, 3.63) is 65.0 Å². The van der Waals surface area contributed by atoms with Crippen LogP contribution in [0.4, 0.5) is 0 Å². The minimum absolute atomic E-state index is 0.502. The van der Waals surface area contributed by atoms with Gasteiger partial charge in [-0.15, -0.1) is 0 Å². The molecule has 4 nitrogen and oxygen atoms in total. The first kappa shape index (κ1) is 13.3. The zero-order valence-corrected chi connectivity index (χ0v) is 11.9. The van der Waals surface area contributed by atoms with Gasteiger partial charge in [0.05, 0.1) is 11.6 Å². The summed E-state index contributed by atoms with van der Waals surface area (Å²) in [6, 6.07) is 11.9. The van der Waals surface area contributed by atoms with Crippen molar-refractivity contribution >= 4 is 11.0 Å². The van der Waals surface area contributed by atoms with Crippen molar-refractivity contribution in [1.29, 1.82) is 5.26 Å². The molecule has 0 aliphatic heterocycles. The van der Waals surface area contributed by atoms with E-state index in [-0.39, 0.29) is 0 Å². The quantitative estimate of drug-likeness (QED) is 0.799. The third-order valence-electron chi connectivity index (χ3n) is 3.75. The van der Waals surface area contributed by atoms with Crippen LogP contribution < -0.4 is 5.73 Å². The summed E-state index contributed by atoms with van der Waals surface area (Å²) >= 11 is 0.